The molecule has 0 radical (unpaired) electrons. The van der Waals surface area contributed by atoms with Gasteiger partial charge in [0.15, 0.2) is 0 Å². The SMILES string of the molecule is ClCCOCCCNCCC1CC1. The zero-order valence-electron chi connectivity index (χ0n) is 8.23. The third kappa shape index (κ3) is 7.29. The molecule has 0 saturated heterocycles. The summed E-state index contributed by atoms with van der Waals surface area (Å²) in [6.45, 7) is 3.78. The Balaban J connectivity index is 1.63. The first-order valence-corrected chi connectivity index (χ1v) is 5.81. The number of halogens is 1. The maximum Gasteiger partial charge on any atom is 0.0601 e. The average Bonchev–Trinajstić information content (AvgIpc) is 2.93. The number of hydrogen-bond donors (Lipinski definition) is 1. The lowest BCUT2D eigenvalue weighted by Crippen LogP contribution is -2.18. The monoisotopic (exact) mass is 205 g/mol. The minimum atomic E-state index is 0.606. The summed E-state index contributed by atoms with van der Waals surface area (Å²) in [4.78, 5) is 0. The van der Waals surface area contributed by atoms with Crippen molar-refractivity contribution in [2.75, 3.05) is 32.2 Å². The normalized spacial score (nSPS) is 16.4. The highest BCUT2D eigenvalue weighted by atomic mass is 35.5. The van der Waals surface area contributed by atoms with E-state index in [4.69, 9.17) is 16.3 Å². The van der Waals surface area contributed by atoms with Crippen molar-refractivity contribution < 1.29 is 4.74 Å². The first-order valence-electron chi connectivity index (χ1n) is 5.28. The van der Waals surface area contributed by atoms with Crippen LogP contribution in [0, 0.1) is 5.92 Å². The molecule has 1 N–H and O–H groups in total. The largest absolute Gasteiger partial charge is 0.380 e. The van der Waals surface area contributed by atoms with Crippen LogP contribution in [0.5, 0.6) is 0 Å². The molecule has 0 aromatic rings. The smallest absolute Gasteiger partial charge is 0.0601 e. The summed E-state index contributed by atoms with van der Waals surface area (Å²) in [7, 11) is 0. The van der Waals surface area contributed by atoms with Gasteiger partial charge in [-0.1, -0.05) is 12.8 Å². The molecule has 13 heavy (non-hydrogen) atoms. The van der Waals surface area contributed by atoms with E-state index in [1.54, 1.807) is 0 Å². The van der Waals surface area contributed by atoms with E-state index in [0.29, 0.717) is 12.5 Å². The van der Waals surface area contributed by atoms with Gasteiger partial charge in [0.1, 0.15) is 0 Å². The predicted octanol–water partition coefficient (Wildman–Crippen LogP) is 2.02. The first kappa shape index (κ1) is 11.3. The lowest BCUT2D eigenvalue weighted by Gasteiger charge is -2.04. The van der Waals surface area contributed by atoms with Crippen LogP contribution in [0.25, 0.3) is 0 Å². The van der Waals surface area contributed by atoms with E-state index < -0.39 is 0 Å². The number of alkyl halides is 1. The molecular formula is C10H20ClNO. The standard InChI is InChI=1S/C10H20ClNO/c11-5-9-13-8-1-6-12-7-4-10-2-3-10/h10,12H,1-9H2. The van der Waals surface area contributed by atoms with Crippen molar-refractivity contribution in [3.63, 3.8) is 0 Å². The quantitative estimate of drug-likeness (QED) is 0.460. The van der Waals surface area contributed by atoms with Crippen molar-refractivity contribution in [3.05, 3.63) is 0 Å². The van der Waals surface area contributed by atoms with Crippen LogP contribution in [0.15, 0.2) is 0 Å². The molecule has 0 aliphatic heterocycles. The molecule has 0 aromatic carbocycles. The molecule has 0 spiro atoms. The minimum Gasteiger partial charge on any atom is -0.380 e. The highest BCUT2D eigenvalue weighted by molar-refractivity contribution is 6.17. The second-order valence-corrected chi connectivity index (χ2v) is 4.01. The first-order chi connectivity index (χ1) is 6.43. The Labute approximate surface area is 86.0 Å². The summed E-state index contributed by atoms with van der Waals surface area (Å²) < 4.78 is 5.25. The van der Waals surface area contributed by atoms with Gasteiger partial charge in [0.2, 0.25) is 0 Å². The van der Waals surface area contributed by atoms with Crippen molar-refractivity contribution >= 4 is 11.6 Å². The maximum absolute atomic E-state index is 5.47. The van der Waals surface area contributed by atoms with Crippen molar-refractivity contribution in [2.45, 2.75) is 25.7 Å². The number of nitrogens with one attached hydrogen (secondary N) is 1. The molecule has 1 saturated carbocycles. The Morgan fingerprint density at radius 1 is 1.23 bits per heavy atom. The second kappa shape index (κ2) is 7.60. The molecular weight excluding hydrogens is 186 g/mol. The molecule has 1 aliphatic carbocycles. The summed E-state index contributed by atoms with van der Waals surface area (Å²) in [5.41, 5.74) is 0. The number of ether oxygens (including phenoxy) is 1. The summed E-state index contributed by atoms with van der Waals surface area (Å²) in [5.74, 6) is 1.65. The van der Waals surface area contributed by atoms with E-state index in [-0.39, 0.29) is 0 Å². The van der Waals surface area contributed by atoms with Gasteiger partial charge in [-0.15, -0.1) is 11.6 Å². The average molecular weight is 206 g/mol. The van der Waals surface area contributed by atoms with Crippen LogP contribution in [0.1, 0.15) is 25.7 Å². The Morgan fingerprint density at radius 2 is 2.08 bits per heavy atom. The molecule has 1 aliphatic rings. The number of rotatable bonds is 9. The van der Waals surface area contributed by atoms with Gasteiger partial charge in [-0.25, -0.2) is 0 Å². The molecule has 0 bridgehead atoms. The summed E-state index contributed by atoms with van der Waals surface area (Å²) in [6.07, 6.45) is 5.38. The molecule has 78 valence electrons. The summed E-state index contributed by atoms with van der Waals surface area (Å²) in [6, 6.07) is 0. The summed E-state index contributed by atoms with van der Waals surface area (Å²) >= 11 is 5.47. The zero-order valence-corrected chi connectivity index (χ0v) is 8.98. The highest BCUT2D eigenvalue weighted by Gasteiger charge is 2.19. The van der Waals surface area contributed by atoms with Crippen molar-refractivity contribution in [2.24, 2.45) is 5.92 Å². The van der Waals surface area contributed by atoms with Crippen LogP contribution < -0.4 is 5.32 Å². The molecule has 0 aromatic heterocycles. The molecule has 0 heterocycles. The lowest BCUT2D eigenvalue weighted by molar-refractivity contribution is 0.146. The topological polar surface area (TPSA) is 21.3 Å². The van der Waals surface area contributed by atoms with Crippen LogP contribution >= 0.6 is 11.6 Å². The van der Waals surface area contributed by atoms with Gasteiger partial charge in [0.05, 0.1) is 6.61 Å². The Hall–Kier alpha value is 0.210. The molecule has 2 nitrogen and oxygen atoms in total. The van der Waals surface area contributed by atoms with Crippen LogP contribution in [-0.2, 0) is 4.74 Å². The maximum atomic E-state index is 5.47. The van der Waals surface area contributed by atoms with E-state index in [9.17, 15) is 0 Å². The van der Waals surface area contributed by atoms with Gasteiger partial charge in [-0.05, 0) is 31.8 Å². The Kier molecular flexibility index (Phi) is 6.60. The fourth-order valence-corrected chi connectivity index (χ4v) is 1.40. The lowest BCUT2D eigenvalue weighted by atomic mass is 10.3. The van der Waals surface area contributed by atoms with Gasteiger partial charge in [-0.3, -0.25) is 0 Å². The third-order valence-corrected chi connectivity index (χ3v) is 2.44. The summed E-state index contributed by atoms with van der Waals surface area (Å²) in [5, 5.41) is 3.42. The van der Waals surface area contributed by atoms with E-state index >= 15 is 0 Å². The van der Waals surface area contributed by atoms with Crippen LogP contribution in [0.4, 0.5) is 0 Å². The highest BCUT2D eigenvalue weighted by Crippen LogP contribution is 2.31. The van der Waals surface area contributed by atoms with Crippen LogP contribution in [0.2, 0.25) is 0 Å². The van der Waals surface area contributed by atoms with Gasteiger partial charge >= 0.3 is 0 Å². The Morgan fingerprint density at radius 3 is 2.77 bits per heavy atom. The predicted molar refractivity (Wildman–Crippen MR) is 56.4 cm³/mol. The van der Waals surface area contributed by atoms with Crippen LogP contribution in [-0.4, -0.2) is 32.2 Å². The van der Waals surface area contributed by atoms with Crippen LogP contribution in [0.3, 0.4) is 0 Å². The minimum absolute atomic E-state index is 0.606. The van der Waals surface area contributed by atoms with Crippen molar-refractivity contribution in [3.8, 4) is 0 Å². The van der Waals surface area contributed by atoms with E-state index in [1.165, 1.54) is 25.8 Å². The Bertz CT molecular complexity index is 117. The molecule has 0 amide bonds. The van der Waals surface area contributed by atoms with Crippen molar-refractivity contribution in [1.29, 1.82) is 0 Å². The molecule has 0 unspecified atom stereocenters. The molecule has 1 fully saturated rings. The fourth-order valence-electron chi connectivity index (χ4n) is 1.29. The zero-order chi connectivity index (χ0) is 9.36. The number of hydrogen-bond acceptors (Lipinski definition) is 2. The van der Waals surface area contributed by atoms with Gasteiger partial charge in [-0.2, -0.15) is 0 Å². The van der Waals surface area contributed by atoms with E-state index in [0.717, 1.165) is 25.5 Å². The second-order valence-electron chi connectivity index (χ2n) is 3.64. The van der Waals surface area contributed by atoms with Gasteiger partial charge in [0, 0.05) is 12.5 Å². The van der Waals surface area contributed by atoms with Crippen molar-refractivity contribution in [1.82, 2.24) is 5.32 Å². The van der Waals surface area contributed by atoms with E-state index in [1.807, 2.05) is 0 Å². The molecule has 0 atom stereocenters. The van der Waals surface area contributed by atoms with Gasteiger partial charge in [0.25, 0.3) is 0 Å². The van der Waals surface area contributed by atoms with E-state index in [2.05, 4.69) is 5.32 Å². The molecule has 3 heteroatoms. The third-order valence-electron chi connectivity index (χ3n) is 2.29. The molecule has 1 rings (SSSR count). The fraction of sp³-hybridized carbons (Fsp3) is 1.00. The van der Waals surface area contributed by atoms with Gasteiger partial charge < -0.3 is 10.1 Å².